The number of rotatable bonds is 5. The Labute approximate surface area is 137 Å². The molecule has 1 saturated carbocycles. The molecule has 0 bridgehead atoms. The van der Waals surface area contributed by atoms with E-state index in [0.29, 0.717) is 23.2 Å². The van der Waals surface area contributed by atoms with Gasteiger partial charge in [-0.25, -0.2) is 0 Å². The summed E-state index contributed by atoms with van der Waals surface area (Å²) in [6, 6.07) is 7.93. The second-order valence-corrected chi connectivity index (χ2v) is 6.90. The normalized spacial score (nSPS) is 18.3. The van der Waals surface area contributed by atoms with Gasteiger partial charge < -0.3 is 4.90 Å². The molecule has 0 saturated heterocycles. The zero-order valence-electron chi connectivity index (χ0n) is 14.1. The zero-order chi connectivity index (χ0) is 16.7. The van der Waals surface area contributed by atoms with Gasteiger partial charge in [-0.05, 0) is 31.7 Å². The largest absolute Gasteiger partial charge is 0.335 e. The summed E-state index contributed by atoms with van der Waals surface area (Å²) in [5, 5.41) is 0. The van der Waals surface area contributed by atoms with Crippen LogP contribution in [0.15, 0.2) is 30.8 Å². The van der Waals surface area contributed by atoms with E-state index >= 15 is 0 Å². The number of amides is 2. The number of carbonyl (C=O) groups excluding carboxylic acids is 2. The fourth-order valence-electron chi connectivity index (χ4n) is 3.16. The molecule has 0 spiro atoms. The van der Waals surface area contributed by atoms with Crippen LogP contribution in [0.1, 0.15) is 49.5 Å². The van der Waals surface area contributed by atoms with E-state index in [0.717, 1.165) is 18.4 Å². The lowest BCUT2D eigenvalue weighted by Crippen LogP contribution is -2.47. The van der Waals surface area contributed by atoms with Gasteiger partial charge in [0.1, 0.15) is 6.54 Å². The van der Waals surface area contributed by atoms with Gasteiger partial charge in [0.05, 0.1) is 0 Å². The van der Waals surface area contributed by atoms with Crippen molar-refractivity contribution in [3.63, 3.8) is 0 Å². The summed E-state index contributed by atoms with van der Waals surface area (Å²) in [5.74, 6) is 0.303. The van der Waals surface area contributed by atoms with Crippen molar-refractivity contribution >= 4 is 17.5 Å². The molecule has 3 rings (SSSR count). The number of benzene rings is 1. The lowest BCUT2D eigenvalue weighted by atomic mass is 10.0. The Bertz CT molecular complexity index is 626. The molecular formula is C19H24N2O2. The first kappa shape index (κ1) is 15.8. The van der Waals surface area contributed by atoms with Crippen LogP contribution in [0, 0.1) is 5.92 Å². The molecule has 1 aromatic carbocycles. The van der Waals surface area contributed by atoms with E-state index in [1.165, 1.54) is 4.90 Å². The van der Waals surface area contributed by atoms with Gasteiger partial charge in [-0.1, -0.05) is 38.6 Å². The Kier molecular flexibility index (Phi) is 4.00. The van der Waals surface area contributed by atoms with E-state index < -0.39 is 0 Å². The zero-order valence-corrected chi connectivity index (χ0v) is 14.1. The molecule has 1 heterocycles. The quantitative estimate of drug-likeness (QED) is 0.838. The molecule has 0 aromatic heterocycles. The van der Waals surface area contributed by atoms with Crippen LogP contribution in [0.3, 0.4) is 0 Å². The summed E-state index contributed by atoms with van der Waals surface area (Å²) in [5.41, 5.74) is 2.10. The second-order valence-electron chi connectivity index (χ2n) is 6.90. The molecule has 0 N–H and O–H groups in total. The first-order chi connectivity index (χ1) is 10.9. The Morgan fingerprint density at radius 2 is 1.87 bits per heavy atom. The number of carbonyl (C=O) groups is 2. The van der Waals surface area contributed by atoms with Crippen LogP contribution in [0.4, 0.5) is 0 Å². The minimum absolute atomic E-state index is 0.0241. The van der Waals surface area contributed by atoms with Gasteiger partial charge in [0.25, 0.3) is 5.91 Å². The average Bonchev–Trinajstić information content (AvgIpc) is 3.32. The lowest BCUT2D eigenvalue weighted by Gasteiger charge is -2.33. The maximum Gasteiger partial charge on any atom is 0.259 e. The molecule has 23 heavy (non-hydrogen) atoms. The van der Waals surface area contributed by atoms with Gasteiger partial charge in [-0.15, -0.1) is 0 Å². The van der Waals surface area contributed by atoms with E-state index in [1.54, 1.807) is 6.07 Å². The van der Waals surface area contributed by atoms with Crippen molar-refractivity contribution in [1.82, 2.24) is 9.80 Å². The van der Waals surface area contributed by atoms with Crippen molar-refractivity contribution < 1.29 is 9.59 Å². The molecule has 2 amide bonds. The summed E-state index contributed by atoms with van der Waals surface area (Å²) in [4.78, 5) is 28.9. The molecule has 1 aliphatic carbocycles. The Hall–Kier alpha value is -2.10. The summed E-state index contributed by atoms with van der Waals surface area (Å²) < 4.78 is 0. The minimum atomic E-state index is -0.119. The third kappa shape index (κ3) is 2.78. The van der Waals surface area contributed by atoms with Crippen molar-refractivity contribution in [2.45, 2.75) is 45.7 Å². The highest BCUT2D eigenvalue weighted by atomic mass is 16.2. The maximum atomic E-state index is 12.9. The molecule has 1 unspecified atom stereocenters. The highest BCUT2D eigenvalue weighted by Crippen LogP contribution is 2.34. The molecule has 122 valence electrons. The van der Waals surface area contributed by atoms with Crippen molar-refractivity contribution in [1.29, 1.82) is 0 Å². The molecule has 4 nitrogen and oxygen atoms in total. The monoisotopic (exact) mass is 312 g/mol. The third-order valence-corrected chi connectivity index (χ3v) is 4.96. The number of hydrogen-bond donors (Lipinski definition) is 0. The second kappa shape index (κ2) is 5.84. The van der Waals surface area contributed by atoms with Crippen LogP contribution in [-0.4, -0.2) is 40.2 Å². The summed E-state index contributed by atoms with van der Waals surface area (Å²) in [6.45, 7) is 10.4. The maximum absolute atomic E-state index is 12.9. The van der Waals surface area contributed by atoms with E-state index in [9.17, 15) is 9.59 Å². The number of fused-ring (bicyclic) bond motifs is 1. The summed E-state index contributed by atoms with van der Waals surface area (Å²) >= 11 is 0. The van der Waals surface area contributed by atoms with E-state index in [4.69, 9.17) is 0 Å². The summed E-state index contributed by atoms with van der Waals surface area (Å²) in [6.07, 6.45) is 2.13. The molecular weight excluding hydrogens is 288 g/mol. The highest BCUT2D eigenvalue weighted by molar-refractivity contribution is 6.10. The molecule has 0 radical (unpaired) electrons. The van der Waals surface area contributed by atoms with Crippen LogP contribution < -0.4 is 0 Å². The molecule has 1 aliphatic heterocycles. The van der Waals surface area contributed by atoms with Gasteiger partial charge in [-0.3, -0.25) is 14.5 Å². The SMILES string of the molecule is C=C1c2ccccc2C(=O)N1CC(=O)N(C1CC1)C(C)C(C)C. The molecule has 1 fully saturated rings. The molecule has 4 heteroatoms. The predicted molar refractivity (Wildman–Crippen MR) is 90.7 cm³/mol. The standard InChI is InChI=1S/C19H24N2O2/c1-12(2)13(3)21(15-9-10-15)18(22)11-20-14(4)16-7-5-6-8-17(16)19(20)23/h5-8,12-13,15H,4,9-11H2,1-3H3. The van der Waals surface area contributed by atoms with Gasteiger partial charge in [-0.2, -0.15) is 0 Å². The lowest BCUT2D eigenvalue weighted by molar-refractivity contribution is -0.134. The first-order valence-electron chi connectivity index (χ1n) is 8.33. The first-order valence-corrected chi connectivity index (χ1v) is 8.33. The fraction of sp³-hybridized carbons (Fsp3) is 0.474. The Balaban J connectivity index is 1.78. The van der Waals surface area contributed by atoms with Crippen molar-refractivity contribution in [2.75, 3.05) is 6.54 Å². The van der Waals surface area contributed by atoms with Crippen LogP contribution >= 0.6 is 0 Å². The van der Waals surface area contributed by atoms with Crippen molar-refractivity contribution in [3.8, 4) is 0 Å². The molecule has 1 aromatic rings. The Morgan fingerprint density at radius 1 is 1.26 bits per heavy atom. The molecule has 2 aliphatic rings. The van der Waals surface area contributed by atoms with Gasteiger partial charge >= 0.3 is 0 Å². The van der Waals surface area contributed by atoms with E-state index in [2.05, 4.69) is 27.4 Å². The highest BCUT2D eigenvalue weighted by Gasteiger charge is 2.39. The van der Waals surface area contributed by atoms with Crippen LogP contribution in [0.25, 0.3) is 5.70 Å². The average molecular weight is 312 g/mol. The summed E-state index contributed by atoms with van der Waals surface area (Å²) in [7, 11) is 0. The number of hydrogen-bond acceptors (Lipinski definition) is 2. The smallest absolute Gasteiger partial charge is 0.259 e. The van der Waals surface area contributed by atoms with Gasteiger partial charge in [0.2, 0.25) is 5.91 Å². The Morgan fingerprint density at radius 3 is 2.39 bits per heavy atom. The van der Waals surface area contributed by atoms with Gasteiger partial charge in [0.15, 0.2) is 0 Å². The van der Waals surface area contributed by atoms with Gasteiger partial charge in [0, 0.05) is 28.9 Å². The minimum Gasteiger partial charge on any atom is -0.335 e. The van der Waals surface area contributed by atoms with Crippen LogP contribution in [-0.2, 0) is 4.79 Å². The van der Waals surface area contributed by atoms with E-state index in [1.807, 2.05) is 23.1 Å². The predicted octanol–water partition coefficient (Wildman–Crippen LogP) is 3.15. The third-order valence-electron chi connectivity index (χ3n) is 4.96. The molecule has 1 atom stereocenters. The van der Waals surface area contributed by atoms with Crippen LogP contribution in [0.2, 0.25) is 0 Å². The number of nitrogens with zero attached hydrogens (tertiary/aromatic N) is 2. The van der Waals surface area contributed by atoms with Crippen molar-refractivity contribution in [3.05, 3.63) is 42.0 Å². The fourth-order valence-corrected chi connectivity index (χ4v) is 3.16. The van der Waals surface area contributed by atoms with E-state index in [-0.39, 0.29) is 24.4 Å². The topological polar surface area (TPSA) is 40.6 Å². The van der Waals surface area contributed by atoms with Crippen LogP contribution in [0.5, 0.6) is 0 Å². The van der Waals surface area contributed by atoms with Crippen molar-refractivity contribution in [2.24, 2.45) is 5.92 Å².